The van der Waals surface area contributed by atoms with Gasteiger partial charge in [-0.05, 0) is 24.0 Å². The third-order valence-corrected chi connectivity index (χ3v) is 2.91. The van der Waals surface area contributed by atoms with Crippen LogP contribution in [0.1, 0.15) is 12.7 Å². The van der Waals surface area contributed by atoms with E-state index in [1.54, 1.807) is 11.8 Å². The fourth-order valence-corrected chi connectivity index (χ4v) is 1.80. The van der Waals surface area contributed by atoms with Crippen LogP contribution in [0.2, 0.25) is 0 Å². The topological polar surface area (TPSA) is 64.9 Å². The molecule has 0 fully saturated rings. The number of aromatic nitrogens is 2. The smallest absolute Gasteiger partial charge is 0.258 e. The number of nitrogen functional groups attached to an aromatic ring is 1. The largest absolute Gasteiger partial charge is 0.399 e. The van der Waals surface area contributed by atoms with Crippen molar-refractivity contribution in [3.8, 4) is 11.5 Å². The molecular formula is C11H13N3OS. The van der Waals surface area contributed by atoms with Crippen molar-refractivity contribution in [1.82, 2.24) is 10.1 Å². The van der Waals surface area contributed by atoms with Gasteiger partial charge in [0.2, 0.25) is 0 Å². The van der Waals surface area contributed by atoms with E-state index in [1.165, 1.54) is 0 Å². The summed E-state index contributed by atoms with van der Waals surface area (Å²) in [4.78, 5) is 4.30. The van der Waals surface area contributed by atoms with Gasteiger partial charge in [-0.25, -0.2) is 0 Å². The average Bonchev–Trinajstić information content (AvgIpc) is 2.75. The Morgan fingerprint density at radius 1 is 1.44 bits per heavy atom. The summed E-state index contributed by atoms with van der Waals surface area (Å²) in [6, 6.07) is 7.42. The maximum Gasteiger partial charge on any atom is 0.258 e. The van der Waals surface area contributed by atoms with E-state index in [2.05, 4.69) is 17.1 Å². The van der Waals surface area contributed by atoms with Crippen molar-refractivity contribution >= 4 is 17.4 Å². The minimum Gasteiger partial charge on any atom is -0.399 e. The van der Waals surface area contributed by atoms with Crippen LogP contribution in [0.15, 0.2) is 28.8 Å². The maximum atomic E-state index is 5.69. The molecule has 0 radical (unpaired) electrons. The van der Waals surface area contributed by atoms with Gasteiger partial charge in [0, 0.05) is 11.3 Å². The first-order chi connectivity index (χ1) is 7.79. The highest BCUT2D eigenvalue weighted by molar-refractivity contribution is 7.98. The molecule has 2 N–H and O–H groups in total. The molecule has 0 aliphatic rings. The van der Waals surface area contributed by atoms with E-state index in [4.69, 9.17) is 10.3 Å². The number of benzene rings is 1. The fourth-order valence-electron chi connectivity index (χ4n) is 1.29. The van der Waals surface area contributed by atoms with Gasteiger partial charge in [-0.15, -0.1) is 0 Å². The zero-order valence-corrected chi connectivity index (χ0v) is 9.83. The number of hydrogen-bond acceptors (Lipinski definition) is 5. The lowest BCUT2D eigenvalue weighted by Crippen LogP contribution is -1.86. The van der Waals surface area contributed by atoms with Crippen LogP contribution in [0, 0.1) is 0 Å². The van der Waals surface area contributed by atoms with E-state index in [1.807, 2.05) is 24.3 Å². The highest BCUT2D eigenvalue weighted by atomic mass is 32.2. The van der Waals surface area contributed by atoms with Crippen LogP contribution in [0.3, 0.4) is 0 Å². The number of nitrogens with zero attached hydrogens (tertiary/aromatic N) is 2. The first-order valence-electron chi connectivity index (χ1n) is 5.06. The Hall–Kier alpha value is -1.49. The van der Waals surface area contributed by atoms with E-state index >= 15 is 0 Å². The van der Waals surface area contributed by atoms with Crippen LogP contribution >= 0.6 is 11.8 Å². The van der Waals surface area contributed by atoms with Crippen LogP contribution in [-0.2, 0) is 5.75 Å². The highest BCUT2D eigenvalue weighted by Gasteiger charge is 2.08. The molecule has 0 aliphatic heterocycles. The average molecular weight is 235 g/mol. The molecule has 0 bridgehead atoms. The molecule has 1 heterocycles. The Kier molecular flexibility index (Phi) is 3.46. The summed E-state index contributed by atoms with van der Waals surface area (Å²) in [6.07, 6.45) is 0. The molecule has 84 valence electrons. The van der Waals surface area contributed by atoms with E-state index in [0.29, 0.717) is 11.6 Å². The normalized spacial score (nSPS) is 10.6. The third kappa shape index (κ3) is 2.55. The Morgan fingerprint density at radius 2 is 2.31 bits per heavy atom. The van der Waals surface area contributed by atoms with Gasteiger partial charge in [0.1, 0.15) is 0 Å². The van der Waals surface area contributed by atoms with Gasteiger partial charge in [0.15, 0.2) is 5.82 Å². The van der Waals surface area contributed by atoms with Crippen LogP contribution in [0.4, 0.5) is 5.69 Å². The molecule has 4 nitrogen and oxygen atoms in total. The molecule has 0 spiro atoms. The summed E-state index contributed by atoms with van der Waals surface area (Å²) in [5, 5.41) is 3.91. The zero-order valence-electron chi connectivity index (χ0n) is 9.01. The molecule has 0 atom stereocenters. The van der Waals surface area contributed by atoms with Crippen molar-refractivity contribution in [3.63, 3.8) is 0 Å². The first-order valence-corrected chi connectivity index (χ1v) is 6.21. The number of hydrogen-bond donors (Lipinski definition) is 1. The molecule has 0 saturated carbocycles. The maximum absolute atomic E-state index is 5.69. The van der Waals surface area contributed by atoms with Gasteiger partial charge in [0.05, 0.1) is 5.75 Å². The Labute approximate surface area is 98.2 Å². The lowest BCUT2D eigenvalue weighted by molar-refractivity contribution is 0.425. The molecule has 0 saturated heterocycles. The zero-order chi connectivity index (χ0) is 11.4. The second kappa shape index (κ2) is 5.03. The Morgan fingerprint density at radius 3 is 3.06 bits per heavy atom. The van der Waals surface area contributed by atoms with E-state index in [9.17, 15) is 0 Å². The quantitative estimate of drug-likeness (QED) is 0.825. The van der Waals surface area contributed by atoms with Crippen LogP contribution in [0.25, 0.3) is 11.5 Å². The van der Waals surface area contributed by atoms with Crippen molar-refractivity contribution in [2.45, 2.75) is 12.7 Å². The molecular weight excluding hydrogens is 222 g/mol. The lowest BCUT2D eigenvalue weighted by atomic mass is 10.2. The number of nitrogens with two attached hydrogens (primary N) is 1. The Balaban J connectivity index is 2.18. The molecule has 5 heteroatoms. The summed E-state index contributed by atoms with van der Waals surface area (Å²) in [5.41, 5.74) is 7.24. The van der Waals surface area contributed by atoms with E-state index < -0.39 is 0 Å². The number of thioether (sulfide) groups is 1. The summed E-state index contributed by atoms with van der Waals surface area (Å²) < 4.78 is 5.17. The minimum atomic E-state index is 0.527. The molecule has 0 amide bonds. The minimum absolute atomic E-state index is 0.527. The van der Waals surface area contributed by atoms with Gasteiger partial charge in [0.25, 0.3) is 5.89 Å². The predicted molar refractivity (Wildman–Crippen MR) is 66.0 cm³/mol. The second-order valence-corrected chi connectivity index (χ2v) is 4.55. The van der Waals surface area contributed by atoms with Crippen LogP contribution in [0.5, 0.6) is 0 Å². The number of rotatable bonds is 4. The summed E-state index contributed by atoms with van der Waals surface area (Å²) in [7, 11) is 0. The van der Waals surface area contributed by atoms with Crippen molar-refractivity contribution in [1.29, 1.82) is 0 Å². The molecule has 2 rings (SSSR count). The molecule has 0 aliphatic carbocycles. The summed E-state index contributed by atoms with van der Waals surface area (Å²) >= 11 is 1.76. The second-order valence-electron chi connectivity index (χ2n) is 3.28. The molecule has 2 aromatic rings. The third-order valence-electron chi connectivity index (χ3n) is 2.04. The van der Waals surface area contributed by atoms with Crippen LogP contribution < -0.4 is 5.73 Å². The molecule has 16 heavy (non-hydrogen) atoms. The molecule has 1 aromatic carbocycles. The van der Waals surface area contributed by atoms with E-state index in [-0.39, 0.29) is 0 Å². The monoisotopic (exact) mass is 235 g/mol. The first kappa shape index (κ1) is 11.0. The highest BCUT2D eigenvalue weighted by Crippen LogP contribution is 2.20. The molecule has 1 aromatic heterocycles. The van der Waals surface area contributed by atoms with Gasteiger partial charge in [-0.3, -0.25) is 0 Å². The van der Waals surface area contributed by atoms with Crippen molar-refractivity contribution in [2.24, 2.45) is 0 Å². The van der Waals surface area contributed by atoms with Crippen molar-refractivity contribution in [3.05, 3.63) is 30.1 Å². The Bertz CT molecular complexity index is 470. The number of anilines is 1. The predicted octanol–water partition coefficient (Wildman–Crippen LogP) is 2.57. The fraction of sp³-hybridized carbons (Fsp3) is 0.273. The van der Waals surface area contributed by atoms with E-state index in [0.717, 1.165) is 22.9 Å². The van der Waals surface area contributed by atoms with Gasteiger partial charge in [-0.2, -0.15) is 16.7 Å². The summed E-state index contributed by atoms with van der Waals surface area (Å²) in [5.74, 6) is 3.08. The lowest BCUT2D eigenvalue weighted by Gasteiger charge is -1.95. The van der Waals surface area contributed by atoms with Gasteiger partial charge < -0.3 is 10.3 Å². The SMILES string of the molecule is CCSCc1noc(-c2cccc(N)c2)n1. The van der Waals surface area contributed by atoms with Gasteiger partial charge >= 0.3 is 0 Å². The molecule has 0 unspecified atom stereocenters. The van der Waals surface area contributed by atoms with Crippen LogP contribution in [-0.4, -0.2) is 15.9 Å². The van der Waals surface area contributed by atoms with Crippen molar-refractivity contribution in [2.75, 3.05) is 11.5 Å². The summed E-state index contributed by atoms with van der Waals surface area (Å²) in [6.45, 7) is 2.10. The van der Waals surface area contributed by atoms with Gasteiger partial charge in [-0.1, -0.05) is 18.1 Å². The standard InChI is InChI=1S/C11H13N3OS/c1-2-16-7-10-13-11(15-14-10)8-4-3-5-9(12)6-8/h3-6H,2,7,12H2,1H3. The van der Waals surface area contributed by atoms with Crippen molar-refractivity contribution < 1.29 is 4.52 Å².